The van der Waals surface area contributed by atoms with Crippen molar-refractivity contribution in [2.24, 2.45) is 0 Å². The molecule has 1 aliphatic heterocycles. The number of aromatic nitrogens is 2. The maximum atomic E-state index is 10.3. The van der Waals surface area contributed by atoms with Crippen molar-refractivity contribution >= 4 is 0 Å². The van der Waals surface area contributed by atoms with Crippen molar-refractivity contribution < 1.29 is 9.84 Å². The van der Waals surface area contributed by atoms with Crippen LogP contribution in [0.3, 0.4) is 0 Å². The largest absolute Gasteiger partial charge is 0.388 e. The lowest BCUT2D eigenvalue weighted by Gasteiger charge is -2.23. The van der Waals surface area contributed by atoms with Gasteiger partial charge in [0.2, 0.25) is 0 Å². The molecule has 0 amide bonds. The maximum absolute atomic E-state index is 10.3. The molecule has 1 saturated heterocycles. The highest BCUT2D eigenvalue weighted by molar-refractivity contribution is 5.31. The molecule has 4 nitrogen and oxygen atoms in total. The summed E-state index contributed by atoms with van der Waals surface area (Å²) in [6.45, 7) is 0.868. The number of aliphatic hydroxyl groups is 1. The van der Waals surface area contributed by atoms with Crippen LogP contribution in [0.2, 0.25) is 0 Å². The standard InChI is InChI=1S/C17H22N2O2/c20-17(10-9-16-8-4-5-11-21-16)14-12-18-19(13-14)15-6-2-1-3-7-15/h1-3,6-7,12-13,16-17,20H,4-5,8-11H2. The first-order chi connectivity index (χ1) is 10.3. The molecule has 1 aromatic heterocycles. The average Bonchev–Trinajstić information content (AvgIpc) is 3.04. The fraction of sp³-hybridized carbons (Fsp3) is 0.471. The second-order valence-electron chi connectivity index (χ2n) is 5.64. The number of hydrogen-bond donors (Lipinski definition) is 1. The van der Waals surface area contributed by atoms with Crippen LogP contribution in [0, 0.1) is 0 Å². The van der Waals surface area contributed by atoms with Gasteiger partial charge in [-0.15, -0.1) is 0 Å². The van der Waals surface area contributed by atoms with Gasteiger partial charge < -0.3 is 9.84 Å². The van der Waals surface area contributed by atoms with Gasteiger partial charge in [-0.3, -0.25) is 0 Å². The Morgan fingerprint density at radius 3 is 2.90 bits per heavy atom. The molecule has 0 bridgehead atoms. The van der Waals surface area contributed by atoms with E-state index in [9.17, 15) is 5.11 Å². The Kier molecular flexibility index (Phi) is 4.68. The normalized spacial score (nSPS) is 20.3. The molecular weight excluding hydrogens is 264 g/mol. The second-order valence-corrected chi connectivity index (χ2v) is 5.64. The molecule has 2 aromatic rings. The van der Waals surface area contributed by atoms with E-state index in [4.69, 9.17) is 4.74 Å². The molecule has 0 aliphatic carbocycles. The van der Waals surface area contributed by atoms with E-state index < -0.39 is 6.10 Å². The summed E-state index contributed by atoms with van der Waals surface area (Å²) >= 11 is 0. The minimum atomic E-state index is -0.465. The third-order valence-electron chi connectivity index (χ3n) is 4.04. The van der Waals surface area contributed by atoms with Crippen molar-refractivity contribution in [3.63, 3.8) is 0 Å². The van der Waals surface area contributed by atoms with E-state index in [0.29, 0.717) is 6.10 Å². The molecule has 1 aliphatic rings. The summed E-state index contributed by atoms with van der Waals surface area (Å²) in [6, 6.07) is 9.94. The van der Waals surface area contributed by atoms with E-state index in [1.165, 1.54) is 12.8 Å². The highest BCUT2D eigenvalue weighted by Gasteiger charge is 2.17. The van der Waals surface area contributed by atoms with Crippen molar-refractivity contribution in [2.45, 2.75) is 44.3 Å². The van der Waals surface area contributed by atoms with Crippen LogP contribution in [-0.4, -0.2) is 27.6 Å². The molecule has 2 atom stereocenters. The van der Waals surface area contributed by atoms with Crippen LogP contribution in [0.1, 0.15) is 43.8 Å². The van der Waals surface area contributed by atoms with Gasteiger partial charge in [0.25, 0.3) is 0 Å². The van der Waals surface area contributed by atoms with Gasteiger partial charge in [-0.2, -0.15) is 5.10 Å². The second kappa shape index (κ2) is 6.87. The molecule has 2 unspecified atom stereocenters. The Hall–Kier alpha value is -1.65. The van der Waals surface area contributed by atoms with Crippen molar-refractivity contribution in [3.8, 4) is 5.69 Å². The van der Waals surface area contributed by atoms with E-state index in [0.717, 1.165) is 37.1 Å². The summed E-state index contributed by atoms with van der Waals surface area (Å²) in [4.78, 5) is 0. The number of ether oxygens (including phenoxy) is 1. The first kappa shape index (κ1) is 14.3. The summed E-state index contributed by atoms with van der Waals surface area (Å²) in [5.41, 5.74) is 1.88. The molecule has 0 saturated carbocycles. The third kappa shape index (κ3) is 3.71. The SMILES string of the molecule is OC(CCC1CCCCO1)c1cnn(-c2ccccc2)c1. The minimum Gasteiger partial charge on any atom is -0.388 e. The van der Waals surface area contributed by atoms with Crippen LogP contribution >= 0.6 is 0 Å². The molecule has 1 aromatic carbocycles. The summed E-state index contributed by atoms with van der Waals surface area (Å²) in [7, 11) is 0. The molecule has 3 rings (SSSR count). The number of nitrogens with zero attached hydrogens (tertiary/aromatic N) is 2. The van der Waals surface area contributed by atoms with Gasteiger partial charge in [0, 0.05) is 18.4 Å². The molecule has 2 heterocycles. The molecule has 4 heteroatoms. The number of aliphatic hydroxyl groups excluding tert-OH is 1. The molecule has 21 heavy (non-hydrogen) atoms. The van der Waals surface area contributed by atoms with Gasteiger partial charge in [-0.05, 0) is 44.2 Å². The van der Waals surface area contributed by atoms with Crippen LogP contribution in [0.4, 0.5) is 0 Å². The lowest BCUT2D eigenvalue weighted by molar-refractivity contribution is 0.00213. The highest BCUT2D eigenvalue weighted by Crippen LogP contribution is 2.24. The summed E-state index contributed by atoms with van der Waals surface area (Å²) in [5.74, 6) is 0. The van der Waals surface area contributed by atoms with Gasteiger partial charge >= 0.3 is 0 Å². The fourth-order valence-corrected chi connectivity index (χ4v) is 2.78. The molecule has 1 N–H and O–H groups in total. The van der Waals surface area contributed by atoms with Crippen LogP contribution in [0.5, 0.6) is 0 Å². The number of hydrogen-bond acceptors (Lipinski definition) is 3. The van der Waals surface area contributed by atoms with Crippen molar-refractivity contribution in [1.29, 1.82) is 0 Å². The van der Waals surface area contributed by atoms with Gasteiger partial charge in [-0.25, -0.2) is 4.68 Å². The third-order valence-corrected chi connectivity index (χ3v) is 4.04. The molecule has 1 fully saturated rings. The number of rotatable bonds is 5. The molecule has 112 valence electrons. The van der Waals surface area contributed by atoms with Crippen LogP contribution in [0.25, 0.3) is 5.69 Å². The monoisotopic (exact) mass is 286 g/mol. The van der Waals surface area contributed by atoms with E-state index in [2.05, 4.69) is 5.10 Å². The van der Waals surface area contributed by atoms with Gasteiger partial charge in [0.1, 0.15) is 0 Å². The Bertz CT molecular complexity index is 547. The first-order valence-electron chi connectivity index (χ1n) is 7.72. The summed E-state index contributed by atoms with van der Waals surface area (Å²) < 4.78 is 7.51. The topological polar surface area (TPSA) is 47.3 Å². The molecular formula is C17H22N2O2. The predicted molar refractivity (Wildman–Crippen MR) is 81.3 cm³/mol. The highest BCUT2D eigenvalue weighted by atomic mass is 16.5. The van der Waals surface area contributed by atoms with Crippen molar-refractivity contribution in [1.82, 2.24) is 9.78 Å². The zero-order valence-corrected chi connectivity index (χ0v) is 12.2. The van der Waals surface area contributed by atoms with Crippen molar-refractivity contribution in [3.05, 3.63) is 48.3 Å². The Labute approximate surface area is 125 Å². The van der Waals surface area contributed by atoms with E-state index in [1.54, 1.807) is 10.9 Å². The zero-order valence-electron chi connectivity index (χ0n) is 12.2. The Morgan fingerprint density at radius 1 is 1.29 bits per heavy atom. The number of para-hydroxylation sites is 1. The maximum Gasteiger partial charge on any atom is 0.0821 e. The van der Waals surface area contributed by atoms with Gasteiger partial charge in [0.05, 0.1) is 24.1 Å². The van der Waals surface area contributed by atoms with E-state index >= 15 is 0 Å². The fourth-order valence-electron chi connectivity index (χ4n) is 2.78. The Balaban J connectivity index is 1.57. The summed E-state index contributed by atoms with van der Waals surface area (Å²) in [5, 5.41) is 14.6. The first-order valence-corrected chi connectivity index (χ1v) is 7.72. The lowest BCUT2D eigenvalue weighted by atomic mass is 10.0. The molecule has 0 spiro atoms. The quantitative estimate of drug-likeness (QED) is 0.917. The number of benzene rings is 1. The van der Waals surface area contributed by atoms with E-state index in [-0.39, 0.29) is 0 Å². The minimum absolute atomic E-state index is 0.317. The Morgan fingerprint density at radius 2 is 2.14 bits per heavy atom. The predicted octanol–water partition coefficient (Wildman–Crippen LogP) is 3.26. The average molecular weight is 286 g/mol. The van der Waals surface area contributed by atoms with E-state index in [1.807, 2.05) is 36.5 Å². The van der Waals surface area contributed by atoms with Crippen LogP contribution in [0.15, 0.2) is 42.7 Å². The van der Waals surface area contributed by atoms with Gasteiger partial charge in [-0.1, -0.05) is 18.2 Å². The smallest absolute Gasteiger partial charge is 0.0821 e. The van der Waals surface area contributed by atoms with Crippen molar-refractivity contribution in [2.75, 3.05) is 6.61 Å². The molecule has 0 radical (unpaired) electrons. The van der Waals surface area contributed by atoms with Gasteiger partial charge in [0.15, 0.2) is 0 Å². The lowest BCUT2D eigenvalue weighted by Crippen LogP contribution is -2.19. The van der Waals surface area contributed by atoms with Crippen LogP contribution in [-0.2, 0) is 4.74 Å². The summed E-state index contributed by atoms with van der Waals surface area (Å²) in [6.07, 6.45) is 8.68. The van der Waals surface area contributed by atoms with Crippen LogP contribution < -0.4 is 0 Å². The zero-order chi connectivity index (χ0) is 14.5.